The summed E-state index contributed by atoms with van der Waals surface area (Å²) in [6.07, 6.45) is 1.47. The van der Waals surface area contributed by atoms with Crippen LogP contribution in [0.3, 0.4) is 0 Å². The highest BCUT2D eigenvalue weighted by Gasteiger charge is 2.13. The monoisotopic (exact) mass is 219 g/mol. The maximum atomic E-state index is 11.5. The smallest absolute Gasteiger partial charge is 0.339 e. The number of benzene rings is 1. The summed E-state index contributed by atoms with van der Waals surface area (Å²) < 4.78 is 4.94. The van der Waals surface area contributed by atoms with Gasteiger partial charge in [-0.1, -0.05) is 0 Å². The van der Waals surface area contributed by atoms with Crippen molar-refractivity contribution in [3.8, 4) is 5.75 Å². The average molecular weight is 219 g/mol. The number of carbonyl (C=O) groups is 1. The number of hydrogen-bond donors (Lipinski definition) is 2. The molecule has 1 aromatic heterocycles. The number of fused-ring (bicyclic) bond motifs is 1. The van der Waals surface area contributed by atoms with Gasteiger partial charge in [0.2, 0.25) is 0 Å². The van der Waals surface area contributed by atoms with Crippen LogP contribution in [0.1, 0.15) is 10.4 Å². The number of aromatic amines is 1. The number of hydrogen-bond acceptors (Lipinski definition) is 3. The molecule has 0 amide bonds. The van der Waals surface area contributed by atoms with Crippen molar-refractivity contribution in [2.45, 2.75) is 0 Å². The van der Waals surface area contributed by atoms with E-state index < -0.39 is 5.97 Å². The largest absolute Gasteiger partial charge is 0.496 e. The molecule has 2 N–H and O–H groups in total. The molecule has 1 heterocycles. The molecule has 82 valence electrons. The van der Waals surface area contributed by atoms with E-state index in [9.17, 15) is 9.59 Å². The molecule has 5 nitrogen and oxygen atoms in total. The highest BCUT2D eigenvalue weighted by atomic mass is 16.5. The van der Waals surface area contributed by atoms with E-state index in [2.05, 4.69) is 4.98 Å². The molecule has 0 aliphatic rings. The van der Waals surface area contributed by atoms with Crippen molar-refractivity contribution in [3.05, 3.63) is 40.3 Å². The van der Waals surface area contributed by atoms with E-state index in [4.69, 9.17) is 9.84 Å². The Balaban J connectivity index is 2.86. The molecular formula is C11H9NO4. The van der Waals surface area contributed by atoms with E-state index in [-0.39, 0.29) is 16.9 Å². The van der Waals surface area contributed by atoms with Crippen LogP contribution in [0, 0.1) is 0 Å². The van der Waals surface area contributed by atoms with E-state index in [0.29, 0.717) is 10.8 Å². The number of nitrogens with one attached hydrogen (secondary N) is 1. The normalized spacial score (nSPS) is 10.3. The topological polar surface area (TPSA) is 79.4 Å². The number of ether oxygens (including phenoxy) is 1. The Bertz CT molecular complexity index is 615. The first-order chi connectivity index (χ1) is 7.63. The highest BCUT2D eigenvalue weighted by molar-refractivity contribution is 5.97. The zero-order valence-electron chi connectivity index (χ0n) is 8.48. The number of carboxylic acids is 1. The minimum absolute atomic E-state index is 0.0422. The molecule has 0 atom stereocenters. The van der Waals surface area contributed by atoms with E-state index in [1.807, 2.05) is 0 Å². The van der Waals surface area contributed by atoms with Crippen LogP contribution in [0.2, 0.25) is 0 Å². The Hall–Kier alpha value is -2.30. The lowest BCUT2D eigenvalue weighted by Crippen LogP contribution is -2.07. The lowest BCUT2D eigenvalue weighted by Gasteiger charge is -2.06. The molecule has 0 aliphatic heterocycles. The number of methoxy groups -OCH3 is 1. The summed E-state index contributed by atoms with van der Waals surface area (Å²) in [4.78, 5) is 24.9. The maximum absolute atomic E-state index is 11.5. The lowest BCUT2D eigenvalue weighted by molar-refractivity contribution is 0.0693. The van der Waals surface area contributed by atoms with Gasteiger partial charge in [0, 0.05) is 6.20 Å². The minimum atomic E-state index is -1.08. The highest BCUT2D eigenvalue weighted by Crippen LogP contribution is 2.23. The third kappa shape index (κ3) is 1.52. The fourth-order valence-electron chi connectivity index (χ4n) is 1.55. The Labute approximate surface area is 90.3 Å². The van der Waals surface area contributed by atoms with Crippen LogP contribution >= 0.6 is 0 Å². The van der Waals surface area contributed by atoms with Gasteiger partial charge in [-0.3, -0.25) is 4.79 Å². The predicted octanol–water partition coefficient (Wildman–Crippen LogP) is 1.23. The zero-order chi connectivity index (χ0) is 11.7. The third-order valence-corrected chi connectivity index (χ3v) is 2.32. The van der Waals surface area contributed by atoms with Crippen LogP contribution in [0.15, 0.2) is 29.2 Å². The van der Waals surface area contributed by atoms with Crippen LogP contribution < -0.4 is 10.3 Å². The summed E-state index contributed by atoms with van der Waals surface area (Å²) in [7, 11) is 1.37. The summed E-state index contributed by atoms with van der Waals surface area (Å²) in [5.74, 6) is -0.907. The van der Waals surface area contributed by atoms with Gasteiger partial charge in [0.25, 0.3) is 5.56 Å². The van der Waals surface area contributed by atoms with Gasteiger partial charge >= 0.3 is 5.97 Å². The van der Waals surface area contributed by atoms with Crippen molar-refractivity contribution in [1.29, 1.82) is 0 Å². The number of carboxylic acid groups (broad SMARTS) is 1. The second-order valence-corrected chi connectivity index (χ2v) is 3.25. The number of rotatable bonds is 2. The van der Waals surface area contributed by atoms with Crippen molar-refractivity contribution in [2.75, 3.05) is 7.11 Å². The van der Waals surface area contributed by atoms with Gasteiger partial charge in [-0.05, 0) is 23.6 Å². The predicted molar refractivity (Wildman–Crippen MR) is 58.1 cm³/mol. The van der Waals surface area contributed by atoms with Gasteiger partial charge in [0.15, 0.2) is 0 Å². The van der Waals surface area contributed by atoms with Crippen molar-refractivity contribution in [3.63, 3.8) is 0 Å². The fourth-order valence-corrected chi connectivity index (χ4v) is 1.55. The van der Waals surface area contributed by atoms with Crippen molar-refractivity contribution >= 4 is 16.7 Å². The van der Waals surface area contributed by atoms with Crippen LogP contribution in [-0.4, -0.2) is 23.2 Å². The molecule has 0 fully saturated rings. The van der Waals surface area contributed by atoms with Gasteiger partial charge in [0.1, 0.15) is 11.3 Å². The minimum Gasteiger partial charge on any atom is -0.496 e. The van der Waals surface area contributed by atoms with Crippen molar-refractivity contribution < 1.29 is 14.6 Å². The summed E-state index contributed by atoms with van der Waals surface area (Å²) in [6.45, 7) is 0. The Morgan fingerprint density at radius 3 is 2.81 bits per heavy atom. The molecular weight excluding hydrogens is 210 g/mol. The molecule has 0 unspecified atom stereocenters. The quantitative estimate of drug-likeness (QED) is 0.796. The van der Waals surface area contributed by atoms with Crippen molar-refractivity contribution in [1.82, 2.24) is 4.98 Å². The number of H-pyrrole nitrogens is 1. The van der Waals surface area contributed by atoms with E-state index >= 15 is 0 Å². The van der Waals surface area contributed by atoms with Gasteiger partial charge in [0.05, 0.1) is 12.5 Å². The Morgan fingerprint density at radius 2 is 2.19 bits per heavy atom. The summed E-state index contributed by atoms with van der Waals surface area (Å²) in [5.41, 5.74) is -0.228. The van der Waals surface area contributed by atoms with E-state index in [1.54, 1.807) is 6.07 Å². The summed E-state index contributed by atoms with van der Waals surface area (Å²) in [5, 5.41) is 9.94. The maximum Gasteiger partial charge on any atom is 0.339 e. The van der Waals surface area contributed by atoms with Crippen LogP contribution in [-0.2, 0) is 0 Å². The molecule has 16 heavy (non-hydrogen) atoms. The molecule has 5 heteroatoms. The Kier molecular flexibility index (Phi) is 2.36. The van der Waals surface area contributed by atoms with Crippen LogP contribution in [0.4, 0.5) is 0 Å². The van der Waals surface area contributed by atoms with E-state index in [0.717, 1.165) is 0 Å². The third-order valence-electron chi connectivity index (χ3n) is 2.32. The standard InChI is InChI=1S/C11H9NO4/c1-16-9-5-7-6(2-3-12-10(7)13)4-8(9)11(14)15/h2-5H,1H3,(H,12,13)(H,14,15). The molecule has 1 aromatic carbocycles. The molecule has 0 radical (unpaired) electrons. The molecule has 2 aromatic rings. The van der Waals surface area contributed by atoms with Crippen LogP contribution in [0.25, 0.3) is 10.8 Å². The lowest BCUT2D eigenvalue weighted by atomic mass is 10.1. The second kappa shape index (κ2) is 3.69. The molecule has 0 saturated carbocycles. The molecule has 0 bridgehead atoms. The number of aromatic carboxylic acids is 1. The van der Waals surface area contributed by atoms with Gasteiger partial charge in [-0.25, -0.2) is 4.79 Å². The van der Waals surface area contributed by atoms with Gasteiger partial charge in [-0.15, -0.1) is 0 Å². The fraction of sp³-hybridized carbons (Fsp3) is 0.0909. The average Bonchev–Trinajstić information content (AvgIpc) is 2.28. The first-order valence-electron chi connectivity index (χ1n) is 4.56. The first-order valence-corrected chi connectivity index (χ1v) is 4.56. The van der Waals surface area contributed by atoms with Crippen LogP contribution in [0.5, 0.6) is 5.75 Å². The summed E-state index contributed by atoms with van der Waals surface area (Å²) in [6, 6.07) is 4.49. The number of aromatic nitrogens is 1. The molecule has 0 aliphatic carbocycles. The molecule has 0 spiro atoms. The summed E-state index contributed by atoms with van der Waals surface area (Å²) >= 11 is 0. The number of pyridine rings is 1. The first kappa shape index (κ1) is 10.2. The van der Waals surface area contributed by atoms with E-state index in [1.165, 1.54) is 25.4 Å². The van der Waals surface area contributed by atoms with Gasteiger partial charge < -0.3 is 14.8 Å². The SMILES string of the molecule is COc1cc2c(=O)[nH]ccc2cc1C(=O)O. The Morgan fingerprint density at radius 1 is 1.44 bits per heavy atom. The molecule has 0 saturated heterocycles. The van der Waals surface area contributed by atoms with Crippen molar-refractivity contribution in [2.24, 2.45) is 0 Å². The zero-order valence-corrected chi connectivity index (χ0v) is 8.48. The second-order valence-electron chi connectivity index (χ2n) is 3.25. The van der Waals surface area contributed by atoms with Gasteiger partial charge in [-0.2, -0.15) is 0 Å². The molecule has 2 rings (SSSR count).